The molecule has 1 saturated heterocycles. The second-order valence-corrected chi connectivity index (χ2v) is 8.90. The number of likely N-dealkylation sites (tertiary alicyclic amines) is 1. The number of benzene rings is 1. The van der Waals surface area contributed by atoms with Gasteiger partial charge < -0.3 is 14.8 Å². The molecule has 152 valence electrons. The van der Waals surface area contributed by atoms with E-state index in [1.165, 1.54) is 24.8 Å². The fourth-order valence-electron chi connectivity index (χ4n) is 4.21. The van der Waals surface area contributed by atoms with Crippen LogP contribution in [0.15, 0.2) is 52.5 Å². The third-order valence-corrected chi connectivity index (χ3v) is 6.71. The van der Waals surface area contributed by atoms with E-state index in [9.17, 15) is 0 Å². The lowest BCUT2D eigenvalue weighted by atomic mass is 9.93. The summed E-state index contributed by atoms with van der Waals surface area (Å²) in [6, 6.07) is 9.18. The zero-order valence-electron chi connectivity index (χ0n) is 16.5. The summed E-state index contributed by atoms with van der Waals surface area (Å²) in [5.41, 5.74) is 1.68. The molecule has 1 aromatic heterocycles. The maximum absolute atomic E-state index is 4.59. The van der Waals surface area contributed by atoms with Crippen LogP contribution in [0.25, 0.3) is 0 Å². The molecule has 1 aliphatic carbocycles. The van der Waals surface area contributed by atoms with Crippen molar-refractivity contribution < 1.29 is 0 Å². The molecule has 0 spiro atoms. The van der Waals surface area contributed by atoms with Crippen LogP contribution in [0.1, 0.15) is 37.8 Å². The van der Waals surface area contributed by atoms with Gasteiger partial charge in [0.05, 0.1) is 12.4 Å². The van der Waals surface area contributed by atoms with Gasteiger partial charge in [-0.05, 0) is 42.9 Å². The van der Waals surface area contributed by atoms with E-state index in [-0.39, 0.29) is 29.4 Å². The predicted molar refractivity (Wildman–Crippen MR) is 128 cm³/mol. The molecule has 5 nitrogen and oxygen atoms in total. The summed E-state index contributed by atoms with van der Waals surface area (Å²) in [5.74, 6) is 1.67. The summed E-state index contributed by atoms with van der Waals surface area (Å²) in [6.45, 7) is 5.31. The number of aromatic nitrogens is 2. The van der Waals surface area contributed by atoms with Gasteiger partial charge in [0, 0.05) is 49.0 Å². The average Bonchev–Trinajstić information content (AvgIpc) is 3.27. The van der Waals surface area contributed by atoms with Crippen LogP contribution in [-0.4, -0.2) is 47.1 Å². The Bertz CT molecular complexity index is 803. The van der Waals surface area contributed by atoms with Crippen LogP contribution >= 0.6 is 39.9 Å². The molecule has 2 aliphatic rings. The highest BCUT2D eigenvalue weighted by Crippen LogP contribution is 2.48. The number of rotatable bonds is 4. The lowest BCUT2D eigenvalue weighted by Crippen LogP contribution is -2.50. The Hall–Kier alpha value is -1.09. The molecule has 1 aromatic carbocycles. The molecule has 1 saturated carbocycles. The molecule has 2 atom stereocenters. The van der Waals surface area contributed by atoms with E-state index in [4.69, 9.17) is 0 Å². The lowest BCUT2D eigenvalue weighted by Gasteiger charge is -2.39. The molecule has 28 heavy (non-hydrogen) atoms. The maximum atomic E-state index is 4.59. The highest BCUT2D eigenvalue weighted by Gasteiger charge is 2.44. The number of piperidine rings is 1. The summed E-state index contributed by atoms with van der Waals surface area (Å²) in [7, 11) is 1.89. The van der Waals surface area contributed by atoms with E-state index in [0.717, 1.165) is 30.1 Å². The number of hydrogen-bond donors (Lipinski definition) is 1. The minimum absolute atomic E-state index is 0. The predicted octanol–water partition coefficient (Wildman–Crippen LogP) is 4.45. The van der Waals surface area contributed by atoms with E-state index in [0.29, 0.717) is 12.0 Å². The second-order valence-electron chi connectivity index (χ2n) is 7.98. The molecular weight excluding hydrogens is 529 g/mol. The summed E-state index contributed by atoms with van der Waals surface area (Å²) < 4.78 is 3.40. The van der Waals surface area contributed by atoms with E-state index in [1.807, 2.05) is 19.6 Å². The Balaban J connectivity index is 0.00000225. The number of imidazole rings is 1. The molecule has 1 N–H and O–H groups in total. The normalized spacial score (nSPS) is 23.8. The van der Waals surface area contributed by atoms with Crippen molar-refractivity contribution in [3.63, 3.8) is 0 Å². The van der Waals surface area contributed by atoms with Gasteiger partial charge in [-0.15, -0.1) is 24.0 Å². The van der Waals surface area contributed by atoms with E-state index in [1.54, 1.807) is 0 Å². The Kier molecular flexibility index (Phi) is 7.07. The van der Waals surface area contributed by atoms with Crippen molar-refractivity contribution in [1.29, 1.82) is 0 Å². The first kappa shape index (κ1) is 21.6. The first-order valence-corrected chi connectivity index (χ1v) is 10.6. The number of guanidine groups is 1. The van der Waals surface area contributed by atoms with Gasteiger partial charge in [-0.3, -0.25) is 4.99 Å². The van der Waals surface area contributed by atoms with E-state index in [2.05, 4.69) is 78.1 Å². The number of hydrogen-bond acceptors (Lipinski definition) is 2. The van der Waals surface area contributed by atoms with Crippen molar-refractivity contribution in [3.8, 4) is 0 Å². The standard InChI is InChI=1S/C21H28BrN5.HI/c1-16-6-10-26(13-19(16)27-11-9-24-15-27)20(23-2)25-14-21(7-8-21)17-4-3-5-18(22)12-17;/h3-5,9,11-12,15-16,19H,6-8,10,13-14H2,1-2H3,(H,23,25);1H. The monoisotopic (exact) mass is 557 g/mol. The van der Waals surface area contributed by atoms with Gasteiger partial charge in [-0.1, -0.05) is 35.0 Å². The molecule has 2 heterocycles. The van der Waals surface area contributed by atoms with Crippen molar-refractivity contribution in [1.82, 2.24) is 19.8 Å². The van der Waals surface area contributed by atoms with Gasteiger partial charge in [-0.25, -0.2) is 4.98 Å². The SMILES string of the molecule is CN=C(NCC1(c2cccc(Br)c2)CC1)N1CCC(C)C(n2ccnc2)C1.I. The van der Waals surface area contributed by atoms with Crippen molar-refractivity contribution >= 4 is 45.9 Å². The molecule has 7 heteroatoms. The lowest BCUT2D eigenvalue weighted by molar-refractivity contribution is 0.189. The number of halogens is 2. The molecular formula is C21H29BrIN5. The minimum atomic E-state index is 0. The smallest absolute Gasteiger partial charge is 0.193 e. The third kappa shape index (κ3) is 4.56. The summed E-state index contributed by atoms with van der Waals surface area (Å²) in [6.07, 6.45) is 9.53. The van der Waals surface area contributed by atoms with Gasteiger partial charge in [0.1, 0.15) is 0 Å². The molecule has 0 bridgehead atoms. The van der Waals surface area contributed by atoms with Gasteiger partial charge in [-0.2, -0.15) is 0 Å². The fraction of sp³-hybridized carbons (Fsp3) is 0.524. The number of nitrogens with zero attached hydrogens (tertiary/aromatic N) is 4. The number of aliphatic imine (C=N–C) groups is 1. The Morgan fingerprint density at radius 1 is 1.39 bits per heavy atom. The van der Waals surface area contributed by atoms with Crippen molar-refractivity contribution in [2.45, 2.75) is 37.6 Å². The quantitative estimate of drug-likeness (QED) is 0.343. The first-order valence-electron chi connectivity index (χ1n) is 9.80. The molecule has 0 radical (unpaired) electrons. The Morgan fingerprint density at radius 2 is 2.21 bits per heavy atom. The molecule has 2 unspecified atom stereocenters. The molecule has 0 amide bonds. The van der Waals surface area contributed by atoms with Gasteiger partial charge >= 0.3 is 0 Å². The molecule has 4 rings (SSSR count). The van der Waals surface area contributed by atoms with Crippen molar-refractivity contribution in [2.24, 2.45) is 10.9 Å². The topological polar surface area (TPSA) is 45.5 Å². The minimum Gasteiger partial charge on any atom is -0.355 e. The largest absolute Gasteiger partial charge is 0.355 e. The van der Waals surface area contributed by atoms with Crippen LogP contribution in [0.4, 0.5) is 0 Å². The summed E-state index contributed by atoms with van der Waals surface area (Å²) in [4.78, 5) is 11.2. The third-order valence-electron chi connectivity index (χ3n) is 6.21. The maximum Gasteiger partial charge on any atom is 0.193 e. The van der Waals surface area contributed by atoms with Crippen molar-refractivity contribution in [3.05, 3.63) is 53.0 Å². The fourth-order valence-corrected chi connectivity index (χ4v) is 4.61. The van der Waals surface area contributed by atoms with Crippen LogP contribution in [0.3, 0.4) is 0 Å². The van der Waals surface area contributed by atoms with Crippen molar-refractivity contribution in [2.75, 3.05) is 26.7 Å². The van der Waals surface area contributed by atoms with Crippen LogP contribution in [0.2, 0.25) is 0 Å². The average molecular weight is 558 g/mol. The highest BCUT2D eigenvalue weighted by atomic mass is 127. The first-order chi connectivity index (χ1) is 13.1. The second kappa shape index (κ2) is 9.15. The summed E-state index contributed by atoms with van der Waals surface area (Å²) >= 11 is 3.61. The zero-order valence-corrected chi connectivity index (χ0v) is 20.4. The summed E-state index contributed by atoms with van der Waals surface area (Å²) in [5, 5.41) is 3.68. The Labute approximate surface area is 193 Å². The van der Waals surface area contributed by atoms with Gasteiger partial charge in [0.15, 0.2) is 5.96 Å². The van der Waals surface area contributed by atoms with Crippen LogP contribution in [-0.2, 0) is 5.41 Å². The highest BCUT2D eigenvalue weighted by molar-refractivity contribution is 14.0. The van der Waals surface area contributed by atoms with Crippen LogP contribution in [0.5, 0.6) is 0 Å². The molecule has 2 fully saturated rings. The zero-order chi connectivity index (χ0) is 18.9. The molecule has 2 aromatic rings. The van der Waals surface area contributed by atoms with Gasteiger partial charge in [0.2, 0.25) is 0 Å². The van der Waals surface area contributed by atoms with E-state index < -0.39 is 0 Å². The van der Waals surface area contributed by atoms with Crippen LogP contribution in [0, 0.1) is 5.92 Å². The van der Waals surface area contributed by atoms with Gasteiger partial charge in [0.25, 0.3) is 0 Å². The van der Waals surface area contributed by atoms with Crippen LogP contribution < -0.4 is 5.32 Å². The Morgan fingerprint density at radius 3 is 2.86 bits per heavy atom. The van der Waals surface area contributed by atoms with E-state index >= 15 is 0 Å². The number of nitrogens with one attached hydrogen (secondary N) is 1. The molecule has 1 aliphatic heterocycles.